The Labute approximate surface area is 85.2 Å². The van der Waals surface area contributed by atoms with Gasteiger partial charge in [-0.2, -0.15) is 0 Å². The third kappa shape index (κ3) is 2.92. The van der Waals surface area contributed by atoms with Crippen molar-refractivity contribution in [3.63, 3.8) is 0 Å². The van der Waals surface area contributed by atoms with Gasteiger partial charge in [-0.1, -0.05) is 0 Å². The molecular formula is C11H18N2O. The van der Waals surface area contributed by atoms with Crippen LogP contribution in [0.3, 0.4) is 0 Å². The zero-order chi connectivity index (χ0) is 10.6. The van der Waals surface area contributed by atoms with Crippen LogP contribution in [0.2, 0.25) is 0 Å². The Bertz CT molecular complexity index is 297. The minimum absolute atomic E-state index is 0.514. The fourth-order valence-corrected chi connectivity index (χ4v) is 1.38. The van der Waals surface area contributed by atoms with Gasteiger partial charge < -0.3 is 15.7 Å². The second kappa shape index (κ2) is 4.86. The maximum Gasteiger partial charge on any atom is 0.121 e. The predicted molar refractivity (Wildman–Crippen MR) is 60.6 cm³/mol. The molecule has 0 amide bonds. The summed E-state index contributed by atoms with van der Waals surface area (Å²) in [5.74, 6) is 0. The highest BCUT2D eigenvalue weighted by Gasteiger charge is 2.00. The molecule has 0 bridgehead atoms. The molecule has 3 nitrogen and oxygen atoms in total. The van der Waals surface area contributed by atoms with Gasteiger partial charge in [-0.25, -0.2) is 0 Å². The maximum atomic E-state index is 9.14. The van der Waals surface area contributed by atoms with Crippen molar-refractivity contribution in [3.8, 4) is 0 Å². The van der Waals surface area contributed by atoms with Crippen LogP contribution < -0.4 is 10.6 Å². The van der Waals surface area contributed by atoms with Crippen molar-refractivity contribution in [1.29, 1.82) is 0 Å². The van der Waals surface area contributed by atoms with Gasteiger partial charge in [-0.15, -0.1) is 0 Å². The van der Waals surface area contributed by atoms with Gasteiger partial charge in [-0.3, -0.25) is 0 Å². The van der Waals surface area contributed by atoms with Gasteiger partial charge in [0.15, 0.2) is 0 Å². The normalized spacial score (nSPS) is 12.3. The number of hydrogen-bond acceptors (Lipinski definition) is 3. The van der Waals surface area contributed by atoms with Crippen molar-refractivity contribution < 1.29 is 5.11 Å². The number of aliphatic hydroxyl groups excluding tert-OH is 1. The largest absolute Gasteiger partial charge is 0.385 e. The molecule has 0 fully saturated rings. The average molecular weight is 194 g/mol. The van der Waals surface area contributed by atoms with Gasteiger partial charge in [0, 0.05) is 17.9 Å². The molecule has 1 atom stereocenters. The topological polar surface area (TPSA) is 44.3 Å². The van der Waals surface area contributed by atoms with Crippen molar-refractivity contribution in [2.24, 2.45) is 0 Å². The summed E-state index contributed by atoms with van der Waals surface area (Å²) < 4.78 is 0. The van der Waals surface area contributed by atoms with Crippen LogP contribution in [-0.4, -0.2) is 17.9 Å². The molecule has 1 aromatic rings. The first kappa shape index (κ1) is 10.9. The van der Waals surface area contributed by atoms with Crippen LogP contribution in [0, 0.1) is 6.92 Å². The molecule has 0 heterocycles. The summed E-state index contributed by atoms with van der Waals surface area (Å²) in [4.78, 5) is 0. The predicted octanol–water partition coefficient (Wildman–Crippen LogP) is 2.18. The number of rotatable bonds is 4. The summed E-state index contributed by atoms with van der Waals surface area (Å²) in [6.45, 7) is 6.74. The molecule has 0 aromatic heterocycles. The molecule has 0 saturated carbocycles. The van der Waals surface area contributed by atoms with Gasteiger partial charge in [0.1, 0.15) is 6.23 Å². The first-order valence-corrected chi connectivity index (χ1v) is 4.92. The van der Waals surface area contributed by atoms with Crippen LogP contribution >= 0.6 is 0 Å². The third-order valence-electron chi connectivity index (χ3n) is 1.97. The Hall–Kier alpha value is -1.22. The standard InChI is InChI=1S/C11H18N2O/c1-4-12-11-6-5-10(7-8(11)2)13-9(3)14/h5-7,9,12-14H,4H2,1-3H3. The van der Waals surface area contributed by atoms with Crippen molar-refractivity contribution in [1.82, 2.24) is 0 Å². The minimum atomic E-state index is -0.514. The van der Waals surface area contributed by atoms with Crippen molar-refractivity contribution in [2.45, 2.75) is 27.0 Å². The molecule has 3 heteroatoms. The fraction of sp³-hybridized carbons (Fsp3) is 0.455. The van der Waals surface area contributed by atoms with Crippen molar-refractivity contribution in [2.75, 3.05) is 17.2 Å². The first-order valence-electron chi connectivity index (χ1n) is 4.92. The Balaban J connectivity index is 2.78. The highest BCUT2D eigenvalue weighted by Crippen LogP contribution is 2.19. The number of anilines is 2. The quantitative estimate of drug-likeness (QED) is 0.644. The van der Waals surface area contributed by atoms with Crippen LogP contribution in [0.15, 0.2) is 18.2 Å². The average Bonchev–Trinajstić information content (AvgIpc) is 2.09. The molecule has 78 valence electrons. The summed E-state index contributed by atoms with van der Waals surface area (Å²) in [6.07, 6.45) is -0.514. The molecule has 0 radical (unpaired) electrons. The molecule has 0 aliphatic rings. The second-order valence-electron chi connectivity index (χ2n) is 3.38. The van der Waals surface area contributed by atoms with Crippen LogP contribution in [0.5, 0.6) is 0 Å². The van der Waals surface area contributed by atoms with Crippen LogP contribution in [0.4, 0.5) is 11.4 Å². The minimum Gasteiger partial charge on any atom is -0.385 e. The summed E-state index contributed by atoms with van der Waals surface area (Å²) in [6, 6.07) is 5.99. The monoisotopic (exact) mass is 194 g/mol. The summed E-state index contributed by atoms with van der Waals surface area (Å²) >= 11 is 0. The number of aliphatic hydroxyl groups is 1. The van der Waals surface area contributed by atoms with E-state index in [2.05, 4.69) is 17.6 Å². The van der Waals surface area contributed by atoms with Crippen LogP contribution in [0.25, 0.3) is 0 Å². The zero-order valence-corrected chi connectivity index (χ0v) is 8.96. The Morgan fingerprint density at radius 2 is 2.14 bits per heavy atom. The van der Waals surface area contributed by atoms with Crippen molar-refractivity contribution in [3.05, 3.63) is 23.8 Å². The van der Waals surface area contributed by atoms with E-state index in [1.54, 1.807) is 6.92 Å². The van der Waals surface area contributed by atoms with E-state index in [0.29, 0.717) is 0 Å². The SMILES string of the molecule is CCNc1ccc(NC(C)O)cc1C. The molecule has 0 aliphatic carbocycles. The van der Waals surface area contributed by atoms with Gasteiger partial charge in [0.2, 0.25) is 0 Å². The molecule has 3 N–H and O–H groups in total. The van der Waals surface area contributed by atoms with E-state index in [1.807, 2.05) is 25.1 Å². The molecule has 0 spiro atoms. The smallest absolute Gasteiger partial charge is 0.121 e. The zero-order valence-electron chi connectivity index (χ0n) is 8.96. The lowest BCUT2D eigenvalue weighted by molar-refractivity contribution is 0.224. The van der Waals surface area contributed by atoms with Crippen LogP contribution in [0.1, 0.15) is 19.4 Å². The Kier molecular flexibility index (Phi) is 3.77. The highest BCUT2D eigenvalue weighted by molar-refractivity contribution is 5.59. The van der Waals surface area contributed by atoms with E-state index in [0.717, 1.165) is 17.9 Å². The lowest BCUT2D eigenvalue weighted by atomic mass is 10.1. The molecule has 14 heavy (non-hydrogen) atoms. The highest BCUT2D eigenvalue weighted by atomic mass is 16.3. The van der Waals surface area contributed by atoms with Gasteiger partial charge in [0.25, 0.3) is 0 Å². The number of aryl methyl sites for hydroxylation is 1. The lowest BCUT2D eigenvalue weighted by Gasteiger charge is -2.12. The van der Waals surface area contributed by atoms with Gasteiger partial charge >= 0.3 is 0 Å². The third-order valence-corrected chi connectivity index (χ3v) is 1.97. The Morgan fingerprint density at radius 3 is 2.64 bits per heavy atom. The fourth-order valence-electron chi connectivity index (χ4n) is 1.38. The van der Waals surface area contributed by atoms with E-state index in [9.17, 15) is 0 Å². The summed E-state index contributed by atoms with van der Waals surface area (Å²) in [5, 5.41) is 15.4. The molecule has 0 saturated heterocycles. The summed E-state index contributed by atoms with van der Waals surface area (Å²) in [5.41, 5.74) is 3.26. The molecular weight excluding hydrogens is 176 g/mol. The molecule has 1 unspecified atom stereocenters. The second-order valence-corrected chi connectivity index (χ2v) is 3.38. The van der Waals surface area contributed by atoms with E-state index < -0.39 is 6.23 Å². The Morgan fingerprint density at radius 1 is 1.43 bits per heavy atom. The summed E-state index contributed by atoms with van der Waals surface area (Å²) in [7, 11) is 0. The van der Waals surface area contributed by atoms with Gasteiger partial charge in [-0.05, 0) is 44.5 Å². The number of benzene rings is 1. The number of nitrogens with one attached hydrogen (secondary N) is 2. The van der Waals surface area contributed by atoms with Gasteiger partial charge in [0.05, 0.1) is 0 Å². The van der Waals surface area contributed by atoms with E-state index >= 15 is 0 Å². The lowest BCUT2D eigenvalue weighted by Crippen LogP contribution is -2.13. The van der Waals surface area contributed by atoms with Crippen molar-refractivity contribution >= 4 is 11.4 Å². The van der Waals surface area contributed by atoms with E-state index in [-0.39, 0.29) is 0 Å². The molecule has 1 rings (SSSR count). The van der Waals surface area contributed by atoms with E-state index in [4.69, 9.17) is 5.11 Å². The molecule has 0 aliphatic heterocycles. The number of hydrogen-bond donors (Lipinski definition) is 3. The first-order chi connectivity index (χ1) is 6.63. The van der Waals surface area contributed by atoms with E-state index in [1.165, 1.54) is 5.56 Å². The maximum absolute atomic E-state index is 9.14. The van der Waals surface area contributed by atoms with Crippen LogP contribution in [-0.2, 0) is 0 Å². The molecule has 1 aromatic carbocycles.